The zero-order valence-corrected chi connectivity index (χ0v) is 14.6. The van der Waals surface area contributed by atoms with Crippen LogP contribution in [0.2, 0.25) is 0 Å². The Balaban J connectivity index is 1.67. The third-order valence-corrected chi connectivity index (χ3v) is 4.86. The third-order valence-electron chi connectivity index (χ3n) is 4.86. The highest BCUT2D eigenvalue weighted by atomic mass is 16.2. The summed E-state index contributed by atoms with van der Waals surface area (Å²) in [6, 6.07) is 5.63. The minimum absolute atomic E-state index is 0.132. The van der Waals surface area contributed by atoms with Gasteiger partial charge >= 0.3 is 0 Å². The van der Waals surface area contributed by atoms with Crippen molar-refractivity contribution in [3.63, 3.8) is 0 Å². The second-order valence-corrected chi connectivity index (χ2v) is 6.71. The van der Waals surface area contributed by atoms with Crippen LogP contribution in [0.5, 0.6) is 0 Å². The molecule has 2 aliphatic heterocycles. The standard InChI is InChI=1S/C18H24N4O3/c1-11(19-2)8-20-9-12-3-4-14-13(7-12)10-22(18(14)25)15-5-6-16(23)21-17(15)24/h3-4,7,11,15,19-20H,5-6,8-10H2,1-2H3,(H,21,23,24)/t11-,15?/m1/s1. The zero-order chi connectivity index (χ0) is 18.0. The van der Waals surface area contributed by atoms with E-state index in [1.54, 1.807) is 4.90 Å². The first-order chi connectivity index (χ1) is 12.0. The second kappa shape index (κ2) is 7.33. The molecular weight excluding hydrogens is 320 g/mol. The summed E-state index contributed by atoms with van der Waals surface area (Å²) in [6.07, 6.45) is 0.663. The number of imide groups is 1. The number of hydrogen-bond donors (Lipinski definition) is 3. The number of likely N-dealkylation sites (N-methyl/N-ethyl adjacent to an activating group) is 1. The Bertz CT molecular complexity index is 704. The van der Waals surface area contributed by atoms with Gasteiger partial charge in [0.1, 0.15) is 6.04 Å². The fourth-order valence-electron chi connectivity index (χ4n) is 3.27. The summed E-state index contributed by atoms with van der Waals surface area (Å²) in [7, 11) is 1.93. The Hall–Kier alpha value is -2.25. The molecule has 7 nitrogen and oxygen atoms in total. The summed E-state index contributed by atoms with van der Waals surface area (Å²) in [5, 5.41) is 8.87. The van der Waals surface area contributed by atoms with Crippen molar-refractivity contribution in [1.82, 2.24) is 20.9 Å². The van der Waals surface area contributed by atoms with E-state index in [-0.39, 0.29) is 24.1 Å². The van der Waals surface area contributed by atoms with E-state index in [0.29, 0.717) is 24.6 Å². The van der Waals surface area contributed by atoms with Gasteiger partial charge in [-0.2, -0.15) is 0 Å². The maximum atomic E-state index is 12.6. The van der Waals surface area contributed by atoms with Gasteiger partial charge in [-0.1, -0.05) is 12.1 Å². The minimum Gasteiger partial charge on any atom is -0.322 e. The van der Waals surface area contributed by atoms with Gasteiger partial charge in [-0.15, -0.1) is 0 Å². The second-order valence-electron chi connectivity index (χ2n) is 6.71. The Morgan fingerprint density at radius 2 is 2.12 bits per heavy atom. The third kappa shape index (κ3) is 3.72. The largest absolute Gasteiger partial charge is 0.322 e. The SMILES string of the molecule is CN[C@H](C)CNCc1ccc2c(c1)CN(C1CCC(=O)NC1=O)C2=O. The molecule has 0 aromatic heterocycles. The number of carbonyl (C=O) groups is 3. The lowest BCUT2D eigenvalue weighted by Crippen LogP contribution is -2.52. The minimum atomic E-state index is -0.560. The molecule has 1 aromatic carbocycles. The Morgan fingerprint density at radius 1 is 1.32 bits per heavy atom. The highest BCUT2D eigenvalue weighted by Gasteiger charge is 2.38. The van der Waals surface area contributed by atoms with E-state index >= 15 is 0 Å². The van der Waals surface area contributed by atoms with E-state index in [1.807, 2.05) is 25.2 Å². The molecule has 7 heteroatoms. The Labute approximate surface area is 147 Å². The highest BCUT2D eigenvalue weighted by molar-refractivity contribution is 6.05. The number of hydrogen-bond acceptors (Lipinski definition) is 5. The number of fused-ring (bicyclic) bond motifs is 1. The van der Waals surface area contributed by atoms with Crippen LogP contribution in [0.25, 0.3) is 0 Å². The van der Waals surface area contributed by atoms with Gasteiger partial charge in [0, 0.05) is 37.7 Å². The Kier molecular flexibility index (Phi) is 5.15. The van der Waals surface area contributed by atoms with Crippen LogP contribution in [-0.2, 0) is 22.7 Å². The molecule has 0 spiro atoms. The molecule has 1 aromatic rings. The van der Waals surface area contributed by atoms with Gasteiger partial charge in [-0.25, -0.2) is 0 Å². The van der Waals surface area contributed by atoms with Crippen LogP contribution in [0, 0.1) is 0 Å². The maximum absolute atomic E-state index is 12.6. The van der Waals surface area contributed by atoms with E-state index < -0.39 is 6.04 Å². The van der Waals surface area contributed by atoms with Crippen molar-refractivity contribution >= 4 is 17.7 Å². The summed E-state index contributed by atoms with van der Waals surface area (Å²) < 4.78 is 0. The lowest BCUT2D eigenvalue weighted by atomic mass is 10.0. The van der Waals surface area contributed by atoms with Crippen LogP contribution in [0.3, 0.4) is 0 Å². The quantitative estimate of drug-likeness (QED) is 0.639. The number of carbonyl (C=O) groups excluding carboxylic acids is 3. The van der Waals surface area contributed by atoms with Crippen molar-refractivity contribution in [2.24, 2.45) is 0 Å². The van der Waals surface area contributed by atoms with E-state index in [4.69, 9.17) is 0 Å². The first-order valence-corrected chi connectivity index (χ1v) is 8.64. The van der Waals surface area contributed by atoms with Crippen LogP contribution in [0.4, 0.5) is 0 Å². The number of nitrogens with one attached hydrogen (secondary N) is 3. The molecule has 1 fully saturated rings. The smallest absolute Gasteiger partial charge is 0.255 e. The number of nitrogens with zero attached hydrogens (tertiary/aromatic N) is 1. The lowest BCUT2D eigenvalue weighted by Gasteiger charge is -2.29. The molecule has 2 heterocycles. The topological polar surface area (TPSA) is 90.5 Å². The number of rotatable bonds is 6. The monoisotopic (exact) mass is 344 g/mol. The molecule has 25 heavy (non-hydrogen) atoms. The number of benzene rings is 1. The van der Waals surface area contributed by atoms with Gasteiger partial charge in [-0.3, -0.25) is 19.7 Å². The van der Waals surface area contributed by atoms with E-state index in [2.05, 4.69) is 22.9 Å². The molecule has 2 atom stereocenters. The van der Waals surface area contributed by atoms with Crippen LogP contribution in [0.1, 0.15) is 41.3 Å². The molecule has 3 amide bonds. The van der Waals surface area contributed by atoms with Gasteiger partial charge in [0.2, 0.25) is 11.8 Å². The molecular formula is C18H24N4O3. The summed E-state index contributed by atoms with van der Waals surface area (Å²) in [5.41, 5.74) is 2.70. The highest BCUT2D eigenvalue weighted by Crippen LogP contribution is 2.28. The maximum Gasteiger partial charge on any atom is 0.255 e. The van der Waals surface area contributed by atoms with E-state index in [9.17, 15) is 14.4 Å². The zero-order valence-electron chi connectivity index (χ0n) is 14.6. The van der Waals surface area contributed by atoms with Gasteiger partial charge in [0.15, 0.2) is 0 Å². The van der Waals surface area contributed by atoms with E-state index in [0.717, 1.165) is 24.2 Å². The van der Waals surface area contributed by atoms with Crippen LogP contribution in [-0.4, -0.2) is 48.3 Å². The summed E-state index contributed by atoms with van der Waals surface area (Å²) >= 11 is 0. The molecule has 0 saturated carbocycles. The van der Waals surface area contributed by atoms with Crippen molar-refractivity contribution in [2.75, 3.05) is 13.6 Å². The molecule has 2 aliphatic rings. The fraction of sp³-hybridized carbons (Fsp3) is 0.500. The van der Waals surface area contributed by atoms with Crippen molar-refractivity contribution < 1.29 is 14.4 Å². The first-order valence-electron chi connectivity index (χ1n) is 8.64. The van der Waals surface area contributed by atoms with Gasteiger partial charge in [0.05, 0.1) is 0 Å². The molecule has 0 bridgehead atoms. The molecule has 134 valence electrons. The normalized spacial score (nSPS) is 21.3. The molecule has 1 saturated heterocycles. The van der Waals surface area contributed by atoms with Crippen LogP contribution >= 0.6 is 0 Å². The van der Waals surface area contributed by atoms with Gasteiger partial charge in [0.25, 0.3) is 5.91 Å². The van der Waals surface area contributed by atoms with E-state index in [1.165, 1.54) is 0 Å². The molecule has 0 radical (unpaired) electrons. The fourth-order valence-corrected chi connectivity index (χ4v) is 3.27. The summed E-state index contributed by atoms with van der Waals surface area (Å²) in [6.45, 7) is 4.11. The van der Waals surface area contributed by atoms with Crippen molar-refractivity contribution in [3.8, 4) is 0 Å². The Morgan fingerprint density at radius 3 is 2.84 bits per heavy atom. The van der Waals surface area contributed by atoms with Gasteiger partial charge < -0.3 is 15.5 Å². The van der Waals surface area contributed by atoms with Crippen molar-refractivity contribution in [3.05, 3.63) is 34.9 Å². The van der Waals surface area contributed by atoms with Gasteiger partial charge in [-0.05, 0) is 37.6 Å². The average Bonchev–Trinajstić information content (AvgIpc) is 2.91. The summed E-state index contributed by atoms with van der Waals surface area (Å²) in [5.74, 6) is -0.775. The van der Waals surface area contributed by atoms with Crippen molar-refractivity contribution in [1.29, 1.82) is 0 Å². The first kappa shape index (κ1) is 17.6. The number of piperidine rings is 1. The summed E-state index contributed by atoms with van der Waals surface area (Å²) in [4.78, 5) is 37.5. The van der Waals surface area contributed by atoms with Crippen molar-refractivity contribution in [2.45, 2.75) is 44.9 Å². The molecule has 0 aliphatic carbocycles. The number of amides is 3. The molecule has 1 unspecified atom stereocenters. The lowest BCUT2D eigenvalue weighted by molar-refractivity contribution is -0.136. The predicted molar refractivity (Wildman–Crippen MR) is 92.7 cm³/mol. The molecule has 3 rings (SSSR count). The molecule has 3 N–H and O–H groups in total. The average molecular weight is 344 g/mol. The van der Waals surface area contributed by atoms with Crippen LogP contribution < -0.4 is 16.0 Å². The van der Waals surface area contributed by atoms with Crippen LogP contribution in [0.15, 0.2) is 18.2 Å². The predicted octanol–water partition coefficient (Wildman–Crippen LogP) is 0.145.